The fourth-order valence-electron chi connectivity index (χ4n) is 0. The van der Waals surface area contributed by atoms with Gasteiger partial charge in [0.15, 0.2) is 0 Å². The first-order valence-corrected chi connectivity index (χ1v) is 0. The quantitative estimate of drug-likeness (QED) is 0.381. The predicted octanol–water partition coefficient (Wildman–Crippen LogP) is -4.09. The van der Waals surface area contributed by atoms with Crippen molar-refractivity contribution in [3.63, 3.8) is 0 Å². The molecule has 0 heterocycles. The number of hydrogen-bond acceptors (Lipinski definition) is 1. The Morgan fingerprint density at radius 3 is 1.00 bits per heavy atom. The standard InChI is InChI=1S/Li.H2O.H2Te.Zn/h;2*1H2;/q+1;;;/p-1. The van der Waals surface area contributed by atoms with Crippen molar-refractivity contribution in [2.24, 2.45) is 0 Å². The Balaban J connectivity index is 0. The van der Waals surface area contributed by atoms with Crippen LogP contribution in [0.4, 0.5) is 0 Å². The van der Waals surface area contributed by atoms with Gasteiger partial charge in [-0.05, 0) is 0 Å². The van der Waals surface area contributed by atoms with Gasteiger partial charge in [-0.15, -0.1) is 0 Å². The number of rotatable bonds is 0. The summed E-state index contributed by atoms with van der Waals surface area (Å²) in [4.78, 5) is 0. The molecule has 0 spiro atoms. The molecule has 0 bridgehead atoms. The first kappa shape index (κ1) is 38.0. The molecule has 0 radical (unpaired) electrons. The van der Waals surface area contributed by atoms with Crippen LogP contribution in [0.2, 0.25) is 0 Å². The molecule has 4 heavy (non-hydrogen) atoms. The van der Waals surface area contributed by atoms with Crippen LogP contribution < -0.4 is 18.9 Å². The molecule has 1 nitrogen and oxygen atoms in total. The van der Waals surface area contributed by atoms with E-state index in [9.17, 15) is 0 Å². The fraction of sp³-hybridized carbons (Fsp3) is 0. The Morgan fingerprint density at radius 2 is 1.00 bits per heavy atom. The summed E-state index contributed by atoms with van der Waals surface area (Å²) in [6.07, 6.45) is 0. The average Bonchev–Trinajstić information content (AvgIpc) is 0. The normalized spacial score (nSPS) is 0. The van der Waals surface area contributed by atoms with Gasteiger partial charge in [-0.1, -0.05) is 0 Å². The van der Waals surface area contributed by atoms with Crippen LogP contribution in [0.15, 0.2) is 0 Å². The van der Waals surface area contributed by atoms with E-state index in [4.69, 9.17) is 0 Å². The van der Waals surface area contributed by atoms with E-state index in [1.165, 1.54) is 0 Å². The molecule has 0 atom stereocenters. The summed E-state index contributed by atoms with van der Waals surface area (Å²) in [5.41, 5.74) is 0. The maximum absolute atomic E-state index is 0. The number of hydrogen-bond donors (Lipinski definition) is 0. The Bertz CT molecular complexity index is 8.00. The zero-order chi connectivity index (χ0) is 0. The van der Waals surface area contributed by atoms with E-state index < -0.39 is 0 Å². The van der Waals surface area contributed by atoms with Gasteiger partial charge in [-0.25, -0.2) is 0 Å². The van der Waals surface area contributed by atoms with Crippen LogP contribution in [-0.2, 0) is 19.5 Å². The molecule has 4 heteroatoms. The minimum absolute atomic E-state index is 0. The summed E-state index contributed by atoms with van der Waals surface area (Å²) in [5.74, 6) is 0. The third-order valence-corrected chi connectivity index (χ3v) is 0. The Labute approximate surface area is 66.9 Å². The van der Waals surface area contributed by atoms with Crippen LogP contribution in [0.3, 0.4) is 0 Å². The van der Waals surface area contributed by atoms with Gasteiger partial charge in [0.05, 0.1) is 0 Å². The molecule has 0 aromatic carbocycles. The van der Waals surface area contributed by atoms with Crippen molar-refractivity contribution in [2.75, 3.05) is 0 Å². The van der Waals surface area contributed by atoms with E-state index in [2.05, 4.69) is 0 Å². The smallest absolute Gasteiger partial charge is 0 e. The maximum Gasteiger partial charge on any atom is 0 e. The van der Waals surface area contributed by atoms with Gasteiger partial charge >= 0.3 is 42.5 Å². The predicted molar refractivity (Wildman–Crippen MR) is 10.5 cm³/mol. The van der Waals surface area contributed by atoms with Gasteiger partial charge < -0.3 is 5.48 Å². The van der Waals surface area contributed by atoms with Crippen LogP contribution in [0.5, 0.6) is 0 Å². The molecule has 0 saturated heterocycles. The van der Waals surface area contributed by atoms with Crippen molar-refractivity contribution in [3.05, 3.63) is 0 Å². The van der Waals surface area contributed by atoms with Gasteiger partial charge in [-0.3, -0.25) is 0 Å². The SMILES string of the molecule is [Li+].[OH-].[TeH2].[Zn]. The average molecular weight is 219 g/mol. The van der Waals surface area contributed by atoms with Crippen molar-refractivity contribution < 1.29 is 43.8 Å². The van der Waals surface area contributed by atoms with Crippen LogP contribution in [-0.4, -0.2) is 29.1 Å². The van der Waals surface area contributed by atoms with Crippen molar-refractivity contribution in [1.82, 2.24) is 0 Å². The van der Waals surface area contributed by atoms with Crippen LogP contribution >= 0.6 is 0 Å². The van der Waals surface area contributed by atoms with E-state index in [1.807, 2.05) is 0 Å². The molecule has 0 saturated carbocycles. The molecule has 0 amide bonds. The summed E-state index contributed by atoms with van der Waals surface area (Å²) in [7, 11) is 0. The summed E-state index contributed by atoms with van der Waals surface area (Å²) >= 11 is 0. The molecular formula is H3LiOTeZn. The first-order valence-electron chi connectivity index (χ1n) is 0. The molecule has 1 N–H and O–H groups in total. The van der Waals surface area contributed by atoms with Gasteiger partial charge in [0, 0.05) is 19.5 Å². The van der Waals surface area contributed by atoms with Crippen molar-refractivity contribution >= 4 is 23.7 Å². The molecule has 0 aliphatic carbocycles. The maximum atomic E-state index is 0. The van der Waals surface area contributed by atoms with E-state index in [1.54, 1.807) is 0 Å². The molecule has 0 aliphatic heterocycles. The minimum Gasteiger partial charge on any atom is 0 e. The van der Waals surface area contributed by atoms with E-state index >= 15 is 0 Å². The second kappa shape index (κ2) is 20.2. The fourth-order valence-corrected chi connectivity index (χ4v) is 0. The van der Waals surface area contributed by atoms with Crippen LogP contribution in [0.25, 0.3) is 0 Å². The molecular weight excluding hydrogens is 216 g/mol. The van der Waals surface area contributed by atoms with E-state index in [-0.39, 0.29) is 67.5 Å². The molecule has 0 rings (SSSR count). The van der Waals surface area contributed by atoms with Gasteiger partial charge in [0.25, 0.3) is 0 Å². The zero-order valence-electron chi connectivity index (χ0n) is 2.65. The van der Waals surface area contributed by atoms with Crippen molar-refractivity contribution in [3.8, 4) is 0 Å². The van der Waals surface area contributed by atoms with Gasteiger partial charge in [-0.2, -0.15) is 0 Å². The Kier molecular flexibility index (Phi) is 192. The molecule has 18 valence electrons. The summed E-state index contributed by atoms with van der Waals surface area (Å²) < 4.78 is 0. The molecule has 0 unspecified atom stereocenters. The van der Waals surface area contributed by atoms with Crippen LogP contribution in [0.1, 0.15) is 0 Å². The zero-order valence-corrected chi connectivity index (χ0v) is 8.48. The molecule has 0 fully saturated rings. The third-order valence-electron chi connectivity index (χ3n) is 0. The first-order chi connectivity index (χ1) is 0. The second-order valence-electron chi connectivity index (χ2n) is 0. The van der Waals surface area contributed by atoms with Crippen molar-refractivity contribution in [1.29, 1.82) is 0 Å². The summed E-state index contributed by atoms with van der Waals surface area (Å²) in [6.45, 7) is 0. The molecule has 0 aliphatic rings. The summed E-state index contributed by atoms with van der Waals surface area (Å²) in [5, 5.41) is 0. The van der Waals surface area contributed by atoms with E-state index in [0.717, 1.165) is 0 Å². The molecule has 0 aromatic heterocycles. The largest absolute Gasteiger partial charge is 0 e. The van der Waals surface area contributed by atoms with E-state index in [0.29, 0.717) is 0 Å². The summed E-state index contributed by atoms with van der Waals surface area (Å²) in [6, 6.07) is 0. The second-order valence-corrected chi connectivity index (χ2v) is 0. The van der Waals surface area contributed by atoms with Crippen molar-refractivity contribution in [2.45, 2.75) is 0 Å². The molecule has 0 aromatic rings. The van der Waals surface area contributed by atoms with Gasteiger partial charge in [0.2, 0.25) is 0 Å². The minimum atomic E-state index is 0. The third kappa shape index (κ3) is 9.02. The monoisotopic (exact) mass is 220 g/mol. The Hall–Kier alpha value is 1.97. The van der Waals surface area contributed by atoms with Crippen LogP contribution in [0, 0.1) is 0 Å². The van der Waals surface area contributed by atoms with Gasteiger partial charge in [0.1, 0.15) is 0 Å². The topological polar surface area (TPSA) is 30.0 Å². The Morgan fingerprint density at radius 1 is 1.00 bits per heavy atom.